The fraction of sp³-hybridized carbons (Fsp3) is 0.364. The Morgan fingerprint density at radius 2 is 2.35 bits per heavy atom. The van der Waals surface area contributed by atoms with E-state index in [9.17, 15) is 0 Å². The van der Waals surface area contributed by atoms with Crippen LogP contribution < -0.4 is 15.8 Å². The lowest BCUT2D eigenvalue weighted by Gasteiger charge is -2.13. The van der Waals surface area contributed by atoms with E-state index < -0.39 is 0 Å². The standard InChI is InChI=1S/C11H16BrN3O2/c1-7(11(13)15-16)6-14-8-3-4-10(17-2)9(12)5-8/h3-5,7,14,16H,6H2,1-2H3,(H2,13,15). The van der Waals surface area contributed by atoms with Crippen LogP contribution in [0.25, 0.3) is 0 Å². The average Bonchev–Trinajstić information content (AvgIpc) is 2.35. The molecule has 6 heteroatoms. The van der Waals surface area contributed by atoms with Gasteiger partial charge in [0, 0.05) is 18.2 Å². The van der Waals surface area contributed by atoms with Gasteiger partial charge in [-0.3, -0.25) is 0 Å². The Balaban J connectivity index is 2.61. The molecule has 94 valence electrons. The Morgan fingerprint density at radius 1 is 1.65 bits per heavy atom. The number of ether oxygens (including phenoxy) is 1. The van der Waals surface area contributed by atoms with Crippen LogP contribution in [0.1, 0.15) is 6.92 Å². The predicted molar refractivity (Wildman–Crippen MR) is 71.8 cm³/mol. The molecule has 0 fully saturated rings. The fourth-order valence-electron chi connectivity index (χ4n) is 1.25. The summed E-state index contributed by atoms with van der Waals surface area (Å²) < 4.78 is 6.01. The number of nitrogens with two attached hydrogens (primary N) is 1. The minimum absolute atomic E-state index is 0.0409. The van der Waals surface area contributed by atoms with Gasteiger partial charge in [0.05, 0.1) is 11.6 Å². The van der Waals surface area contributed by atoms with Crippen LogP contribution in [-0.4, -0.2) is 24.7 Å². The zero-order chi connectivity index (χ0) is 12.8. The first-order valence-corrected chi connectivity index (χ1v) is 5.92. The topological polar surface area (TPSA) is 79.9 Å². The average molecular weight is 302 g/mol. The largest absolute Gasteiger partial charge is 0.496 e. The molecule has 1 unspecified atom stereocenters. The van der Waals surface area contributed by atoms with Gasteiger partial charge in [0.25, 0.3) is 0 Å². The number of nitrogens with one attached hydrogen (secondary N) is 1. The molecule has 1 aromatic carbocycles. The maximum absolute atomic E-state index is 8.53. The highest BCUT2D eigenvalue weighted by molar-refractivity contribution is 9.10. The van der Waals surface area contributed by atoms with Crippen molar-refractivity contribution in [3.8, 4) is 5.75 Å². The molecule has 17 heavy (non-hydrogen) atoms. The quantitative estimate of drug-likeness (QED) is 0.337. The zero-order valence-corrected chi connectivity index (χ0v) is 11.4. The Labute approximate surface area is 109 Å². The summed E-state index contributed by atoms with van der Waals surface area (Å²) in [4.78, 5) is 0. The second-order valence-corrected chi connectivity index (χ2v) is 4.51. The third-order valence-electron chi connectivity index (χ3n) is 2.38. The van der Waals surface area contributed by atoms with E-state index in [0.717, 1.165) is 15.9 Å². The molecule has 0 saturated carbocycles. The number of hydrogen-bond acceptors (Lipinski definition) is 4. The maximum atomic E-state index is 8.53. The van der Waals surface area contributed by atoms with Gasteiger partial charge < -0.3 is 21.0 Å². The van der Waals surface area contributed by atoms with Crippen LogP contribution in [0.3, 0.4) is 0 Å². The van der Waals surface area contributed by atoms with Crippen LogP contribution in [0.4, 0.5) is 5.69 Å². The summed E-state index contributed by atoms with van der Waals surface area (Å²) in [6, 6.07) is 5.68. The van der Waals surface area contributed by atoms with Gasteiger partial charge in [-0.1, -0.05) is 12.1 Å². The van der Waals surface area contributed by atoms with E-state index in [1.807, 2.05) is 25.1 Å². The summed E-state index contributed by atoms with van der Waals surface area (Å²) in [5.74, 6) is 0.950. The summed E-state index contributed by atoms with van der Waals surface area (Å²) in [6.07, 6.45) is 0. The Morgan fingerprint density at radius 3 is 2.88 bits per heavy atom. The van der Waals surface area contributed by atoms with Crippen molar-refractivity contribution in [2.75, 3.05) is 19.0 Å². The normalized spacial score (nSPS) is 13.2. The molecule has 0 radical (unpaired) electrons. The van der Waals surface area contributed by atoms with Gasteiger partial charge in [0.2, 0.25) is 0 Å². The number of benzene rings is 1. The zero-order valence-electron chi connectivity index (χ0n) is 9.77. The SMILES string of the molecule is COc1ccc(NCC(C)C(N)=NO)cc1Br. The summed E-state index contributed by atoms with van der Waals surface area (Å²) in [7, 11) is 1.62. The molecular formula is C11H16BrN3O2. The molecule has 0 aromatic heterocycles. The van der Waals surface area contributed by atoms with E-state index in [1.54, 1.807) is 7.11 Å². The van der Waals surface area contributed by atoms with Crippen molar-refractivity contribution in [2.45, 2.75) is 6.92 Å². The maximum Gasteiger partial charge on any atom is 0.143 e. The smallest absolute Gasteiger partial charge is 0.143 e. The van der Waals surface area contributed by atoms with E-state index in [0.29, 0.717) is 6.54 Å². The van der Waals surface area contributed by atoms with Crippen LogP contribution in [0, 0.1) is 5.92 Å². The Bertz CT molecular complexity index is 410. The molecule has 0 spiro atoms. The molecule has 0 bridgehead atoms. The lowest BCUT2D eigenvalue weighted by atomic mass is 10.1. The molecule has 1 atom stereocenters. The van der Waals surface area contributed by atoms with Gasteiger partial charge >= 0.3 is 0 Å². The van der Waals surface area contributed by atoms with Crippen LogP contribution in [0.15, 0.2) is 27.8 Å². The second-order valence-electron chi connectivity index (χ2n) is 3.66. The molecule has 0 aliphatic carbocycles. The second kappa shape index (κ2) is 6.34. The summed E-state index contributed by atoms with van der Waals surface area (Å²) in [5, 5.41) is 14.7. The van der Waals surface area contributed by atoms with E-state index in [1.165, 1.54) is 0 Å². The number of halogens is 1. The highest BCUT2D eigenvalue weighted by Gasteiger charge is 2.07. The third kappa shape index (κ3) is 3.81. The number of nitrogens with zero attached hydrogens (tertiary/aromatic N) is 1. The molecule has 1 rings (SSSR count). The van der Waals surface area contributed by atoms with Crippen molar-refractivity contribution in [1.82, 2.24) is 0 Å². The number of amidine groups is 1. The van der Waals surface area contributed by atoms with Crippen LogP contribution in [0.5, 0.6) is 5.75 Å². The third-order valence-corrected chi connectivity index (χ3v) is 3.00. The molecule has 0 amide bonds. The monoisotopic (exact) mass is 301 g/mol. The Hall–Kier alpha value is -1.43. The number of hydrogen-bond donors (Lipinski definition) is 3. The van der Waals surface area contributed by atoms with Crippen molar-refractivity contribution in [2.24, 2.45) is 16.8 Å². The number of methoxy groups -OCH3 is 1. The van der Waals surface area contributed by atoms with Gasteiger partial charge in [-0.2, -0.15) is 0 Å². The fourth-order valence-corrected chi connectivity index (χ4v) is 1.79. The molecule has 0 aliphatic rings. The van der Waals surface area contributed by atoms with Crippen molar-refractivity contribution >= 4 is 27.5 Å². The van der Waals surface area contributed by atoms with E-state index in [4.69, 9.17) is 15.7 Å². The highest BCUT2D eigenvalue weighted by Crippen LogP contribution is 2.27. The first-order valence-electron chi connectivity index (χ1n) is 5.13. The first kappa shape index (κ1) is 13.6. The lowest BCUT2D eigenvalue weighted by molar-refractivity contribution is 0.315. The molecule has 4 N–H and O–H groups in total. The van der Waals surface area contributed by atoms with Crippen molar-refractivity contribution in [3.05, 3.63) is 22.7 Å². The van der Waals surface area contributed by atoms with Gasteiger partial charge in [-0.25, -0.2) is 0 Å². The van der Waals surface area contributed by atoms with Crippen LogP contribution in [-0.2, 0) is 0 Å². The highest BCUT2D eigenvalue weighted by atomic mass is 79.9. The predicted octanol–water partition coefficient (Wildman–Crippen LogP) is 2.25. The van der Waals surface area contributed by atoms with Crippen LogP contribution in [0.2, 0.25) is 0 Å². The number of oxime groups is 1. The van der Waals surface area contributed by atoms with Gasteiger partial charge in [-0.05, 0) is 34.1 Å². The van der Waals surface area contributed by atoms with E-state index in [2.05, 4.69) is 26.4 Å². The van der Waals surface area contributed by atoms with Crippen LogP contribution >= 0.6 is 15.9 Å². The van der Waals surface area contributed by atoms with Gasteiger partial charge in [0.15, 0.2) is 0 Å². The van der Waals surface area contributed by atoms with E-state index >= 15 is 0 Å². The molecule has 0 saturated heterocycles. The minimum atomic E-state index is -0.0409. The summed E-state index contributed by atoms with van der Waals surface area (Å²) in [6.45, 7) is 2.47. The molecular weight excluding hydrogens is 286 g/mol. The van der Waals surface area contributed by atoms with Gasteiger partial charge in [-0.15, -0.1) is 0 Å². The molecule has 0 heterocycles. The lowest BCUT2D eigenvalue weighted by Crippen LogP contribution is -2.27. The summed E-state index contributed by atoms with van der Waals surface area (Å²) in [5.41, 5.74) is 6.43. The number of anilines is 1. The van der Waals surface area contributed by atoms with Crippen molar-refractivity contribution < 1.29 is 9.94 Å². The molecule has 0 aliphatic heterocycles. The van der Waals surface area contributed by atoms with Crippen molar-refractivity contribution in [1.29, 1.82) is 0 Å². The number of rotatable bonds is 5. The first-order chi connectivity index (χ1) is 8.08. The summed E-state index contributed by atoms with van der Waals surface area (Å²) >= 11 is 3.40. The minimum Gasteiger partial charge on any atom is -0.496 e. The van der Waals surface area contributed by atoms with E-state index in [-0.39, 0.29) is 11.8 Å². The molecule has 1 aromatic rings. The van der Waals surface area contributed by atoms with Crippen molar-refractivity contribution in [3.63, 3.8) is 0 Å². The van der Waals surface area contributed by atoms with Gasteiger partial charge in [0.1, 0.15) is 11.6 Å². The molecule has 5 nitrogen and oxygen atoms in total. The Kier molecular flexibility index (Phi) is 5.09.